The lowest BCUT2D eigenvalue weighted by Crippen LogP contribution is -2.48. The van der Waals surface area contributed by atoms with E-state index in [1.54, 1.807) is 0 Å². The van der Waals surface area contributed by atoms with Gasteiger partial charge in [0.25, 0.3) is 11.8 Å². The van der Waals surface area contributed by atoms with E-state index in [0.717, 1.165) is 4.90 Å². The number of benzene rings is 1. The van der Waals surface area contributed by atoms with Gasteiger partial charge in [0.2, 0.25) is 0 Å². The molecule has 2 amide bonds. The highest BCUT2D eigenvalue weighted by atomic mass is 19.4. The Morgan fingerprint density at radius 3 is 2.56 bits per heavy atom. The van der Waals surface area contributed by atoms with Crippen LogP contribution < -0.4 is 15.2 Å². The molecule has 1 aromatic rings. The van der Waals surface area contributed by atoms with Gasteiger partial charge in [-0.3, -0.25) is 9.59 Å². The van der Waals surface area contributed by atoms with Crippen LogP contribution in [-0.4, -0.2) is 60.4 Å². The van der Waals surface area contributed by atoms with Crippen LogP contribution in [0, 0.1) is 0 Å². The second-order valence-corrected chi connectivity index (χ2v) is 5.63. The SMILES string of the molecule is COc1cc(C(=O)N2CCC(O)(C(F)(F)F)C2)ccc1OCC(N)=O. The summed E-state index contributed by atoms with van der Waals surface area (Å²) in [5.74, 6) is -1.10. The quantitative estimate of drug-likeness (QED) is 0.803. The van der Waals surface area contributed by atoms with Crippen LogP contribution in [-0.2, 0) is 4.79 Å². The summed E-state index contributed by atoms with van der Waals surface area (Å²) in [5, 5.41) is 9.65. The molecule has 0 bridgehead atoms. The van der Waals surface area contributed by atoms with Crippen molar-refractivity contribution in [3.05, 3.63) is 23.8 Å². The Morgan fingerprint density at radius 1 is 1.36 bits per heavy atom. The third kappa shape index (κ3) is 3.95. The Balaban J connectivity index is 2.16. The second kappa shape index (κ2) is 6.79. The van der Waals surface area contributed by atoms with Crippen LogP contribution in [0.1, 0.15) is 16.8 Å². The van der Waals surface area contributed by atoms with Crippen molar-refractivity contribution in [2.75, 3.05) is 26.8 Å². The molecule has 10 heteroatoms. The van der Waals surface area contributed by atoms with Crippen molar-refractivity contribution in [1.29, 1.82) is 0 Å². The molecular formula is C15H17F3N2O5. The van der Waals surface area contributed by atoms with E-state index in [0.29, 0.717) is 0 Å². The summed E-state index contributed by atoms with van der Waals surface area (Å²) in [6.45, 7) is -1.46. The molecule has 2 rings (SSSR count). The first-order chi connectivity index (χ1) is 11.6. The van der Waals surface area contributed by atoms with Crippen LogP contribution in [0.25, 0.3) is 0 Å². The molecule has 1 fully saturated rings. The molecule has 0 aliphatic carbocycles. The molecule has 1 unspecified atom stereocenters. The number of β-amino-alcohol motifs (C(OH)–C–C–N with tert-alkyl or cyclic N) is 1. The summed E-state index contributed by atoms with van der Waals surface area (Å²) < 4.78 is 48.7. The van der Waals surface area contributed by atoms with Gasteiger partial charge in [-0.05, 0) is 18.2 Å². The molecule has 3 N–H and O–H groups in total. The number of alkyl halides is 3. The van der Waals surface area contributed by atoms with Crippen molar-refractivity contribution in [2.24, 2.45) is 5.73 Å². The van der Waals surface area contributed by atoms with Gasteiger partial charge in [-0.2, -0.15) is 13.2 Å². The maximum absolute atomic E-state index is 12.8. The minimum absolute atomic E-state index is 0.0645. The number of methoxy groups -OCH3 is 1. The van der Waals surface area contributed by atoms with Crippen molar-refractivity contribution in [3.63, 3.8) is 0 Å². The van der Waals surface area contributed by atoms with E-state index in [-0.39, 0.29) is 23.6 Å². The number of primary amides is 1. The summed E-state index contributed by atoms with van der Waals surface area (Å²) in [6, 6.07) is 3.96. The van der Waals surface area contributed by atoms with Crippen LogP contribution in [0.2, 0.25) is 0 Å². The fraction of sp³-hybridized carbons (Fsp3) is 0.467. The first kappa shape index (κ1) is 18.8. The zero-order chi connectivity index (χ0) is 18.8. The molecule has 1 aliphatic rings. The van der Waals surface area contributed by atoms with E-state index >= 15 is 0 Å². The molecule has 0 aromatic heterocycles. The number of rotatable bonds is 5. The van der Waals surface area contributed by atoms with E-state index < -0.39 is 43.2 Å². The van der Waals surface area contributed by atoms with Crippen molar-refractivity contribution in [1.82, 2.24) is 4.90 Å². The van der Waals surface area contributed by atoms with Gasteiger partial charge in [-0.1, -0.05) is 0 Å². The average molecular weight is 362 g/mol. The van der Waals surface area contributed by atoms with Gasteiger partial charge >= 0.3 is 6.18 Å². The summed E-state index contributed by atoms with van der Waals surface area (Å²) in [5.41, 5.74) is 2.13. The van der Waals surface area contributed by atoms with E-state index in [1.807, 2.05) is 0 Å². The van der Waals surface area contributed by atoms with Crippen molar-refractivity contribution < 1.29 is 37.3 Å². The Bertz CT molecular complexity index is 680. The van der Waals surface area contributed by atoms with Gasteiger partial charge in [0.05, 0.1) is 13.7 Å². The molecule has 7 nitrogen and oxygen atoms in total. The van der Waals surface area contributed by atoms with Gasteiger partial charge in [0, 0.05) is 18.5 Å². The third-order valence-corrected chi connectivity index (χ3v) is 3.84. The molecule has 0 saturated carbocycles. The van der Waals surface area contributed by atoms with E-state index in [1.165, 1.54) is 25.3 Å². The number of aliphatic hydroxyl groups is 1. The summed E-state index contributed by atoms with van der Waals surface area (Å²) >= 11 is 0. The Hall–Kier alpha value is -2.49. The van der Waals surface area contributed by atoms with E-state index in [4.69, 9.17) is 15.2 Å². The van der Waals surface area contributed by atoms with E-state index in [2.05, 4.69) is 0 Å². The fourth-order valence-corrected chi connectivity index (χ4v) is 2.45. The summed E-state index contributed by atoms with van der Waals surface area (Å²) in [4.78, 5) is 24.1. The van der Waals surface area contributed by atoms with Crippen molar-refractivity contribution in [2.45, 2.75) is 18.2 Å². The molecule has 1 atom stereocenters. The van der Waals surface area contributed by atoms with Crippen molar-refractivity contribution >= 4 is 11.8 Å². The molecule has 1 aromatic carbocycles. The van der Waals surface area contributed by atoms with Gasteiger partial charge in [0.15, 0.2) is 23.7 Å². The average Bonchev–Trinajstić information content (AvgIpc) is 2.95. The molecule has 25 heavy (non-hydrogen) atoms. The van der Waals surface area contributed by atoms with Crippen LogP contribution in [0.15, 0.2) is 18.2 Å². The number of nitrogens with two attached hydrogens (primary N) is 1. The van der Waals surface area contributed by atoms with Crippen molar-refractivity contribution in [3.8, 4) is 11.5 Å². The highest BCUT2D eigenvalue weighted by Gasteiger charge is 2.57. The number of hydrogen-bond donors (Lipinski definition) is 2. The monoisotopic (exact) mass is 362 g/mol. The number of ether oxygens (including phenoxy) is 2. The summed E-state index contributed by atoms with van der Waals surface area (Å²) in [6.07, 6.45) is -5.40. The molecule has 1 saturated heterocycles. The first-order valence-corrected chi connectivity index (χ1v) is 7.25. The predicted molar refractivity (Wildman–Crippen MR) is 79.2 cm³/mol. The van der Waals surface area contributed by atoms with Crippen LogP contribution in [0.5, 0.6) is 11.5 Å². The fourth-order valence-electron chi connectivity index (χ4n) is 2.45. The highest BCUT2D eigenvalue weighted by Crippen LogP contribution is 2.38. The van der Waals surface area contributed by atoms with Gasteiger partial charge in [0.1, 0.15) is 0 Å². The second-order valence-electron chi connectivity index (χ2n) is 5.63. The normalized spacial score (nSPS) is 20.4. The molecule has 1 heterocycles. The van der Waals surface area contributed by atoms with Gasteiger partial charge < -0.3 is 25.2 Å². The maximum Gasteiger partial charge on any atom is 0.419 e. The Labute approximate surface area is 141 Å². The number of carbonyl (C=O) groups excluding carboxylic acids is 2. The van der Waals surface area contributed by atoms with Crippen LogP contribution in [0.3, 0.4) is 0 Å². The lowest BCUT2D eigenvalue weighted by Gasteiger charge is -2.26. The largest absolute Gasteiger partial charge is 0.493 e. The Kier molecular flexibility index (Phi) is 5.12. The highest BCUT2D eigenvalue weighted by molar-refractivity contribution is 5.95. The lowest BCUT2D eigenvalue weighted by atomic mass is 10.0. The molecule has 1 aliphatic heterocycles. The number of carbonyl (C=O) groups is 2. The van der Waals surface area contributed by atoms with Crippen LogP contribution in [0.4, 0.5) is 13.2 Å². The number of halogens is 3. The molecule has 138 valence electrons. The smallest absolute Gasteiger partial charge is 0.419 e. The number of hydrogen-bond acceptors (Lipinski definition) is 5. The minimum Gasteiger partial charge on any atom is -0.493 e. The minimum atomic E-state index is -4.81. The predicted octanol–water partition coefficient (Wildman–Crippen LogP) is 0.699. The zero-order valence-corrected chi connectivity index (χ0v) is 13.3. The third-order valence-electron chi connectivity index (χ3n) is 3.84. The number of likely N-dealkylation sites (tertiary alicyclic amines) is 1. The molecule has 0 radical (unpaired) electrons. The van der Waals surface area contributed by atoms with Gasteiger partial charge in [-0.15, -0.1) is 0 Å². The lowest BCUT2D eigenvalue weighted by molar-refractivity contribution is -0.253. The molecule has 0 spiro atoms. The topological polar surface area (TPSA) is 102 Å². The molecular weight excluding hydrogens is 345 g/mol. The maximum atomic E-state index is 12.8. The van der Waals surface area contributed by atoms with Crippen LogP contribution >= 0.6 is 0 Å². The van der Waals surface area contributed by atoms with Gasteiger partial charge in [-0.25, -0.2) is 0 Å². The number of nitrogens with zero attached hydrogens (tertiary/aromatic N) is 1. The zero-order valence-electron chi connectivity index (χ0n) is 13.3. The van der Waals surface area contributed by atoms with E-state index in [9.17, 15) is 27.9 Å². The standard InChI is InChI=1S/C15H17F3N2O5/c1-24-11-6-9(2-3-10(11)25-7-12(19)21)13(22)20-5-4-14(23,8-20)15(16,17)18/h2-3,6,23H,4-5,7-8H2,1H3,(H2,19,21). The number of amides is 2. The Morgan fingerprint density at radius 2 is 2.04 bits per heavy atom. The summed E-state index contributed by atoms with van der Waals surface area (Å²) in [7, 11) is 1.30. The first-order valence-electron chi connectivity index (χ1n) is 7.25.